The minimum absolute atomic E-state index is 0.139. The molecule has 0 saturated carbocycles. The molecule has 136 valence electrons. The molecule has 26 heavy (non-hydrogen) atoms. The van der Waals surface area contributed by atoms with E-state index in [-0.39, 0.29) is 17.4 Å². The Morgan fingerprint density at radius 1 is 1.23 bits per heavy atom. The van der Waals surface area contributed by atoms with Crippen LogP contribution in [0.15, 0.2) is 47.4 Å². The van der Waals surface area contributed by atoms with Crippen LogP contribution in [0.25, 0.3) is 10.2 Å². The summed E-state index contributed by atoms with van der Waals surface area (Å²) in [6.45, 7) is -0.184. The minimum Gasteiger partial charge on any atom is -0.484 e. The summed E-state index contributed by atoms with van der Waals surface area (Å²) in [7, 11) is -2.19. The van der Waals surface area contributed by atoms with Gasteiger partial charge in [-0.2, -0.15) is 0 Å². The van der Waals surface area contributed by atoms with Crippen molar-refractivity contribution < 1.29 is 17.9 Å². The SMILES string of the molecule is CNS(=O)(=O)c1ccc2nc(NC(=O)COc3ccc(Cl)cc3)sc2c1. The molecule has 1 amide bonds. The fraction of sp³-hybridized carbons (Fsp3) is 0.125. The second kappa shape index (κ2) is 7.58. The number of fused-ring (bicyclic) bond motifs is 1. The van der Waals surface area contributed by atoms with Crippen LogP contribution in [0.5, 0.6) is 5.75 Å². The molecule has 0 fully saturated rings. The molecule has 1 heterocycles. The average Bonchev–Trinajstić information content (AvgIpc) is 3.02. The molecule has 0 atom stereocenters. The van der Waals surface area contributed by atoms with Crippen molar-refractivity contribution in [2.45, 2.75) is 4.90 Å². The van der Waals surface area contributed by atoms with E-state index in [0.29, 0.717) is 26.1 Å². The van der Waals surface area contributed by atoms with Crippen LogP contribution in [-0.4, -0.2) is 33.0 Å². The second-order valence-electron chi connectivity index (χ2n) is 5.15. The number of carbonyl (C=O) groups is 1. The summed E-state index contributed by atoms with van der Waals surface area (Å²) in [5, 5.41) is 3.58. The first-order valence-corrected chi connectivity index (χ1v) is 10.1. The number of carbonyl (C=O) groups excluding carboxylic acids is 1. The molecule has 2 aromatic carbocycles. The van der Waals surface area contributed by atoms with Gasteiger partial charge in [-0.15, -0.1) is 0 Å². The quantitative estimate of drug-likeness (QED) is 0.650. The Morgan fingerprint density at radius 3 is 2.65 bits per heavy atom. The number of aromatic nitrogens is 1. The molecule has 2 N–H and O–H groups in total. The molecule has 3 rings (SSSR count). The number of amides is 1. The maximum atomic E-state index is 12.0. The van der Waals surface area contributed by atoms with E-state index < -0.39 is 10.0 Å². The van der Waals surface area contributed by atoms with Crippen LogP contribution in [0.3, 0.4) is 0 Å². The van der Waals surface area contributed by atoms with Gasteiger partial charge in [-0.05, 0) is 49.5 Å². The summed E-state index contributed by atoms with van der Waals surface area (Å²) in [6, 6.07) is 11.2. The van der Waals surface area contributed by atoms with Gasteiger partial charge in [-0.25, -0.2) is 18.1 Å². The Kier molecular flexibility index (Phi) is 5.42. The van der Waals surface area contributed by atoms with Gasteiger partial charge in [0.05, 0.1) is 15.1 Å². The molecule has 0 bridgehead atoms. The maximum Gasteiger partial charge on any atom is 0.264 e. The van der Waals surface area contributed by atoms with E-state index in [4.69, 9.17) is 16.3 Å². The lowest BCUT2D eigenvalue weighted by Crippen LogP contribution is -2.19. The third-order valence-electron chi connectivity index (χ3n) is 3.37. The van der Waals surface area contributed by atoms with Crippen molar-refractivity contribution in [1.82, 2.24) is 9.71 Å². The van der Waals surface area contributed by atoms with Crippen molar-refractivity contribution in [3.8, 4) is 5.75 Å². The standard InChI is InChI=1S/C16H14ClN3O4S2/c1-18-26(22,23)12-6-7-13-14(8-12)25-16(19-13)20-15(21)9-24-11-4-2-10(17)3-5-11/h2-8,18H,9H2,1H3,(H,19,20,21). The predicted octanol–water partition coefficient (Wildman–Crippen LogP) is 2.88. The van der Waals surface area contributed by atoms with E-state index in [1.807, 2.05) is 0 Å². The Labute approximate surface area is 159 Å². The number of hydrogen-bond donors (Lipinski definition) is 2. The van der Waals surface area contributed by atoms with Crippen molar-refractivity contribution in [3.05, 3.63) is 47.5 Å². The Hall–Kier alpha value is -2.20. The molecule has 0 aliphatic rings. The van der Waals surface area contributed by atoms with Crippen LogP contribution in [0.2, 0.25) is 5.02 Å². The molecule has 3 aromatic rings. The highest BCUT2D eigenvalue weighted by Gasteiger charge is 2.14. The Bertz CT molecular complexity index is 1050. The normalized spacial score (nSPS) is 11.5. The summed E-state index contributed by atoms with van der Waals surface area (Å²) >= 11 is 6.97. The first-order valence-electron chi connectivity index (χ1n) is 7.40. The number of halogens is 1. The van der Waals surface area contributed by atoms with E-state index in [9.17, 15) is 13.2 Å². The van der Waals surface area contributed by atoms with Crippen LogP contribution in [0.4, 0.5) is 5.13 Å². The molecule has 0 saturated heterocycles. The number of anilines is 1. The van der Waals surface area contributed by atoms with Gasteiger partial charge < -0.3 is 4.74 Å². The van der Waals surface area contributed by atoms with Crippen molar-refractivity contribution in [1.29, 1.82) is 0 Å². The molecule has 0 aliphatic heterocycles. The molecular weight excluding hydrogens is 398 g/mol. The van der Waals surface area contributed by atoms with Crippen molar-refractivity contribution in [3.63, 3.8) is 0 Å². The van der Waals surface area contributed by atoms with Gasteiger partial charge >= 0.3 is 0 Å². The van der Waals surface area contributed by atoms with Crippen LogP contribution >= 0.6 is 22.9 Å². The molecule has 10 heteroatoms. The molecule has 1 aromatic heterocycles. The second-order valence-corrected chi connectivity index (χ2v) is 8.50. The Balaban J connectivity index is 1.68. The van der Waals surface area contributed by atoms with Crippen LogP contribution in [0, 0.1) is 0 Å². The van der Waals surface area contributed by atoms with Crippen molar-refractivity contribution in [2.75, 3.05) is 19.0 Å². The summed E-state index contributed by atoms with van der Waals surface area (Å²) < 4.78 is 32.0. The largest absolute Gasteiger partial charge is 0.484 e. The van der Waals surface area contributed by atoms with E-state index in [0.717, 1.165) is 0 Å². The number of benzene rings is 2. The summed E-state index contributed by atoms with van der Waals surface area (Å²) in [5.41, 5.74) is 0.596. The minimum atomic E-state index is -3.53. The molecule has 0 spiro atoms. The molecular formula is C16H14ClN3O4S2. The van der Waals surface area contributed by atoms with Gasteiger partial charge in [0.1, 0.15) is 5.75 Å². The lowest BCUT2D eigenvalue weighted by molar-refractivity contribution is -0.118. The predicted molar refractivity (Wildman–Crippen MR) is 101 cm³/mol. The first kappa shape index (κ1) is 18.6. The van der Waals surface area contributed by atoms with E-state index in [2.05, 4.69) is 15.0 Å². The zero-order chi connectivity index (χ0) is 18.7. The van der Waals surface area contributed by atoms with Gasteiger partial charge in [-0.3, -0.25) is 10.1 Å². The Morgan fingerprint density at radius 2 is 1.96 bits per heavy atom. The first-order chi connectivity index (χ1) is 12.4. The third kappa shape index (κ3) is 4.31. The maximum absolute atomic E-state index is 12.0. The zero-order valence-corrected chi connectivity index (χ0v) is 15.9. The van der Waals surface area contributed by atoms with Gasteiger partial charge in [-0.1, -0.05) is 22.9 Å². The lowest BCUT2D eigenvalue weighted by atomic mass is 10.3. The number of hydrogen-bond acceptors (Lipinski definition) is 6. The number of ether oxygens (including phenoxy) is 1. The number of thiazole rings is 1. The topological polar surface area (TPSA) is 97.4 Å². The van der Waals surface area contributed by atoms with E-state index >= 15 is 0 Å². The fourth-order valence-corrected chi connectivity index (χ4v) is 3.96. The van der Waals surface area contributed by atoms with E-state index in [1.54, 1.807) is 30.3 Å². The molecule has 0 aliphatic carbocycles. The van der Waals surface area contributed by atoms with Crippen molar-refractivity contribution >= 4 is 54.2 Å². The lowest BCUT2D eigenvalue weighted by Gasteiger charge is -2.05. The van der Waals surface area contributed by atoms with Gasteiger partial charge in [0.2, 0.25) is 10.0 Å². The number of nitrogens with zero attached hydrogens (tertiary/aromatic N) is 1. The average molecular weight is 412 g/mol. The highest BCUT2D eigenvalue weighted by Crippen LogP contribution is 2.28. The summed E-state index contributed by atoms with van der Waals surface area (Å²) in [5.74, 6) is 0.151. The molecule has 0 radical (unpaired) electrons. The van der Waals surface area contributed by atoms with Gasteiger partial charge in [0.25, 0.3) is 5.91 Å². The van der Waals surface area contributed by atoms with Gasteiger partial charge in [0, 0.05) is 5.02 Å². The monoisotopic (exact) mass is 411 g/mol. The molecule has 7 nitrogen and oxygen atoms in total. The van der Waals surface area contributed by atoms with Crippen LogP contribution in [-0.2, 0) is 14.8 Å². The van der Waals surface area contributed by atoms with Crippen LogP contribution in [0.1, 0.15) is 0 Å². The number of sulfonamides is 1. The third-order valence-corrected chi connectivity index (χ3v) is 5.97. The summed E-state index contributed by atoms with van der Waals surface area (Å²) in [6.07, 6.45) is 0. The van der Waals surface area contributed by atoms with Crippen LogP contribution < -0.4 is 14.8 Å². The highest BCUT2D eigenvalue weighted by molar-refractivity contribution is 7.89. The number of rotatable bonds is 6. The smallest absolute Gasteiger partial charge is 0.264 e. The molecule has 0 unspecified atom stereocenters. The number of nitrogens with one attached hydrogen (secondary N) is 2. The van der Waals surface area contributed by atoms with Gasteiger partial charge in [0.15, 0.2) is 11.7 Å². The fourth-order valence-electron chi connectivity index (χ4n) is 2.08. The van der Waals surface area contributed by atoms with E-state index in [1.165, 1.54) is 30.5 Å². The highest BCUT2D eigenvalue weighted by atomic mass is 35.5. The summed E-state index contributed by atoms with van der Waals surface area (Å²) in [4.78, 5) is 16.4. The van der Waals surface area contributed by atoms with Crippen molar-refractivity contribution in [2.24, 2.45) is 0 Å². The zero-order valence-electron chi connectivity index (χ0n) is 13.5.